The lowest BCUT2D eigenvalue weighted by atomic mass is 10.1. The molecule has 0 unspecified atom stereocenters. The van der Waals surface area contributed by atoms with E-state index in [1.165, 1.54) is 5.56 Å². The van der Waals surface area contributed by atoms with Gasteiger partial charge in [0.1, 0.15) is 0 Å². The van der Waals surface area contributed by atoms with Crippen LogP contribution < -0.4 is 10.6 Å². The molecular formula is C17H20N2O. The number of aryl methyl sites for hydroxylation is 2. The van der Waals surface area contributed by atoms with E-state index in [-0.39, 0.29) is 5.91 Å². The van der Waals surface area contributed by atoms with Gasteiger partial charge in [-0.25, -0.2) is 0 Å². The van der Waals surface area contributed by atoms with Gasteiger partial charge < -0.3 is 10.6 Å². The van der Waals surface area contributed by atoms with E-state index in [0.29, 0.717) is 17.8 Å². The third-order valence-electron chi connectivity index (χ3n) is 3.50. The molecule has 0 bridgehead atoms. The number of hydrogen-bond acceptors (Lipinski definition) is 2. The van der Waals surface area contributed by atoms with Gasteiger partial charge in [0.05, 0.1) is 0 Å². The van der Waals surface area contributed by atoms with Gasteiger partial charge in [0, 0.05) is 23.5 Å². The maximum absolute atomic E-state index is 12.6. The highest BCUT2D eigenvalue weighted by atomic mass is 16.2. The highest BCUT2D eigenvalue weighted by molar-refractivity contribution is 6.06. The van der Waals surface area contributed by atoms with Crippen molar-refractivity contribution < 1.29 is 4.79 Å². The van der Waals surface area contributed by atoms with Crippen molar-refractivity contribution >= 4 is 17.3 Å². The van der Waals surface area contributed by atoms with Gasteiger partial charge in [0.15, 0.2) is 0 Å². The van der Waals surface area contributed by atoms with Crippen LogP contribution in [0.2, 0.25) is 0 Å². The highest BCUT2D eigenvalue weighted by Crippen LogP contribution is 2.20. The summed E-state index contributed by atoms with van der Waals surface area (Å²) in [5.41, 5.74) is 10.3. The van der Waals surface area contributed by atoms with E-state index < -0.39 is 0 Å². The molecule has 0 saturated carbocycles. The fourth-order valence-electron chi connectivity index (χ4n) is 2.17. The summed E-state index contributed by atoms with van der Waals surface area (Å²) >= 11 is 0. The van der Waals surface area contributed by atoms with Crippen molar-refractivity contribution in [3.8, 4) is 0 Å². The molecule has 0 aliphatic rings. The Bertz CT molecular complexity index is 635. The number of amides is 1. The maximum Gasteiger partial charge on any atom is 0.258 e. The van der Waals surface area contributed by atoms with Gasteiger partial charge in [-0.05, 0) is 62.2 Å². The molecule has 1 amide bonds. The van der Waals surface area contributed by atoms with Crippen LogP contribution in [0, 0.1) is 13.8 Å². The minimum absolute atomic E-state index is 0.00111. The molecule has 104 valence electrons. The zero-order chi connectivity index (χ0) is 14.7. The lowest BCUT2D eigenvalue weighted by Gasteiger charge is -2.22. The van der Waals surface area contributed by atoms with Crippen LogP contribution in [-0.2, 0) is 0 Å². The van der Waals surface area contributed by atoms with Crippen molar-refractivity contribution in [2.45, 2.75) is 20.8 Å². The molecule has 0 saturated heterocycles. The monoisotopic (exact) mass is 268 g/mol. The minimum atomic E-state index is 0.00111. The molecule has 0 heterocycles. The standard InChI is InChI=1S/C17H20N2O/c1-4-19(16-7-5-6-15(18)11-16)17(20)14-9-8-12(2)13(3)10-14/h5-11H,4,18H2,1-3H3. The fourth-order valence-corrected chi connectivity index (χ4v) is 2.17. The number of nitrogens with two attached hydrogens (primary N) is 1. The number of anilines is 2. The molecule has 3 nitrogen and oxygen atoms in total. The molecule has 2 aromatic carbocycles. The van der Waals surface area contributed by atoms with Crippen LogP contribution in [0.3, 0.4) is 0 Å². The number of carbonyl (C=O) groups excluding carboxylic acids is 1. The number of nitrogen functional groups attached to an aromatic ring is 1. The second-order valence-electron chi connectivity index (χ2n) is 4.94. The van der Waals surface area contributed by atoms with Gasteiger partial charge in [0.25, 0.3) is 5.91 Å². The van der Waals surface area contributed by atoms with Crippen molar-refractivity contribution in [1.82, 2.24) is 0 Å². The predicted octanol–water partition coefficient (Wildman–Crippen LogP) is 3.55. The maximum atomic E-state index is 12.6. The van der Waals surface area contributed by atoms with Gasteiger partial charge in [0.2, 0.25) is 0 Å². The molecule has 0 radical (unpaired) electrons. The second kappa shape index (κ2) is 5.78. The van der Waals surface area contributed by atoms with E-state index in [2.05, 4.69) is 0 Å². The first-order valence-electron chi connectivity index (χ1n) is 6.77. The molecule has 2 aromatic rings. The molecule has 0 atom stereocenters. The van der Waals surface area contributed by atoms with Crippen LogP contribution in [0.15, 0.2) is 42.5 Å². The zero-order valence-electron chi connectivity index (χ0n) is 12.2. The first-order valence-corrected chi connectivity index (χ1v) is 6.77. The zero-order valence-corrected chi connectivity index (χ0v) is 12.2. The van der Waals surface area contributed by atoms with Crippen LogP contribution in [0.1, 0.15) is 28.4 Å². The van der Waals surface area contributed by atoms with E-state index in [0.717, 1.165) is 11.3 Å². The molecular weight excluding hydrogens is 248 g/mol. The average Bonchev–Trinajstić information content (AvgIpc) is 2.42. The molecule has 0 fully saturated rings. The van der Waals surface area contributed by atoms with Gasteiger partial charge in [-0.1, -0.05) is 12.1 Å². The van der Waals surface area contributed by atoms with E-state index in [9.17, 15) is 4.79 Å². The Balaban J connectivity index is 2.36. The largest absolute Gasteiger partial charge is 0.399 e. The summed E-state index contributed by atoms with van der Waals surface area (Å²) in [5, 5.41) is 0. The highest BCUT2D eigenvalue weighted by Gasteiger charge is 2.16. The number of nitrogens with zero attached hydrogens (tertiary/aromatic N) is 1. The second-order valence-corrected chi connectivity index (χ2v) is 4.94. The topological polar surface area (TPSA) is 46.3 Å². The fraction of sp³-hybridized carbons (Fsp3) is 0.235. The van der Waals surface area contributed by atoms with Crippen molar-refractivity contribution in [2.75, 3.05) is 17.2 Å². The van der Waals surface area contributed by atoms with Crippen LogP contribution in [-0.4, -0.2) is 12.5 Å². The van der Waals surface area contributed by atoms with E-state index in [1.807, 2.05) is 63.2 Å². The lowest BCUT2D eigenvalue weighted by Crippen LogP contribution is -2.30. The first-order chi connectivity index (χ1) is 9.52. The molecule has 0 aliphatic carbocycles. The Hall–Kier alpha value is -2.29. The Labute approximate surface area is 120 Å². The summed E-state index contributed by atoms with van der Waals surface area (Å²) in [7, 11) is 0. The first kappa shape index (κ1) is 14.1. The normalized spacial score (nSPS) is 10.3. The molecule has 2 N–H and O–H groups in total. The SMILES string of the molecule is CCN(C(=O)c1ccc(C)c(C)c1)c1cccc(N)c1. The van der Waals surface area contributed by atoms with Crippen LogP contribution in [0.5, 0.6) is 0 Å². The Morgan fingerprint density at radius 1 is 1.10 bits per heavy atom. The summed E-state index contributed by atoms with van der Waals surface area (Å²) in [5.74, 6) is 0.00111. The summed E-state index contributed by atoms with van der Waals surface area (Å²) in [6, 6.07) is 13.2. The van der Waals surface area contributed by atoms with Crippen molar-refractivity contribution in [2.24, 2.45) is 0 Å². The summed E-state index contributed by atoms with van der Waals surface area (Å²) in [6.07, 6.45) is 0. The van der Waals surface area contributed by atoms with Crippen molar-refractivity contribution in [1.29, 1.82) is 0 Å². The van der Waals surface area contributed by atoms with Crippen LogP contribution in [0.4, 0.5) is 11.4 Å². The van der Waals surface area contributed by atoms with Gasteiger partial charge in [-0.3, -0.25) is 4.79 Å². The molecule has 2 rings (SSSR count). The third-order valence-corrected chi connectivity index (χ3v) is 3.50. The van der Waals surface area contributed by atoms with E-state index in [1.54, 1.807) is 4.90 Å². The van der Waals surface area contributed by atoms with Gasteiger partial charge in [-0.15, -0.1) is 0 Å². The van der Waals surface area contributed by atoms with Gasteiger partial charge >= 0.3 is 0 Å². The quantitative estimate of drug-likeness (QED) is 0.865. The molecule has 0 aromatic heterocycles. The molecule has 0 aliphatic heterocycles. The van der Waals surface area contributed by atoms with E-state index >= 15 is 0 Å². The minimum Gasteiger partial charge on any atom is -0.399 e. The smallest absolute Gasteiger partial charge is 0.258 e. The molecule has 20 heavy (non-hydrogen) atoms. The van der Waals surface area contributed by atoms with Crippen LogP contribution in [0.25, 0.3) is 0 Å². The van der Waals surface area contributed by atoms with Crippen molar-refractivity contribution in [3.63, 3.8) is 0 Å². The summed E-state index contributed by atoms with van der Waals surface area (Å²) < 4.78 is 0. The number of carbonyl (C=O) groups is 1. The predicted molar refractivity (Wildman–Crippen MR) is 84.1 cm³/mol. The van der Waals surface area contributed by atoms with E-state index in [4.69, 9.17) is 5.73 Å². The number of hydrogen-bond donors (Lipinski definition) is 1. The average molecular weight is 268 g/mol. The Morgan fingerprint density at radius 2 is 1.85 bits per heavy atom. The summed E-state index contributed by atoms with van der Waals surface area (Å²) in [6.45, 7) is 6.62. The van der Waals surface area contributed by atoms with Crippen LogP contribution >= 0.6 is 0 Å². The Kier molecular flexibility index (Phi) is 4.08. The third kappa shape index (κ3) is 2.82. The molecule has 0 spiro atoms. The number of rotatable bonds is 3. The Morgan fingerprint density at radius 3 is 2.45 bits per heavy atom. The molecule has 3 heteroatoms. The number of benzene rings is 2. The lowest BCUT2D eigenvalue weighted by molar-refractivity contribution is 0.0988. The van der Waals surface area contributed by atoms with Crippen molar-refractivity contribution in [3.05, 3.63) is 59.2 Å². The van der Waals surface area contributed by atoms with Gasteiger partial charge in [-0.2, -0.15) is 0 Å². The summed E-state index contributed by atoms with van der Waals surface area (Å²) in [4.78, 5) is 14.4.